The monoisotopic (exact) mass is 294 g/mol. The van der Waals surface area contributed by atoms with E-state index in [1.807, 2.05) is 24.5 Å². The minimum atomic E-state index is 0.171. The van der Waals surface area contributed by atoms with Crippen molar-refractivity contribution in [3.8, 4) is 0 Å². The molecule has 2 saturated carbocycles. The van der Waals surface area contributed by atoms with Gasteiger partial charge in [-0.2, -0.15) is 0 Å². The van der Waals surface area contributed by atoms with Crippen LogP contribution in [0.25, 0.3) is 0 Å². The molecule has 0 amide bonds. The van der Waals surface area contributed by atoms with Gasteiger partial charge in [-0.25, -0.2) is 0 Å². The van der Waals surface area contributed by atoms with Gasteiger partial charge in [0, 0.05) is 24.5 Å². The first-order valence-electron chi connectivity index (χ1n) is 8.24. The van der Waals surface area contributed by atoms with Crippen LogP contribution in [0, 0.1) is 0 Å². The summed E-state index contributed by atoms with van der Waals surface area (Å²) in [6.07, 6.45) is 8.82. The van der Waals surface area contributed by atoms with Gasteiger partial charge in [0.15, 0.2) is 0 Å². The van der Waals surface area contributed by atoms with Crippen molar-refractivity contribution in [2.45, 2.75) is 49.9 Å². The highest BCUT2D eigenvalue weighted by atomic mass is 15.1. The second-order valence-corrected chi connectivity index (χ2v) is 6.35. The van der Waals surface area contributed by atoms with Crippen LogP contribution in [0.15, 0.2) is 48.8 Å². The standard InChI is InChI=1S/C18H22N4/c1-3-11-19-15(5-1)17(21-13-7-8-13)18(22-14-9-10-14)16-6-2-4-12-20-16/h1-6,11-14,17-18,21-22H,7-10H2/t17-,18+. The number of pyridine rings is 2. The summed E-state index contributed by atoms with van der Waals surface area (Å²) < 4.78 is 0. The fourth-order valence-corrected chi connectivity index (χ4v) is 2.83. The molecule has 2 aromatic heterocycles. The molecule has 0 bridgehead atoms. The molecule has 114 valence electrons. The molecular weight excluding hydrogens is 272 g/mol. The molecule has 2 aliphatic rings. The average Bonchev–Trinajstić information content (AvgIpc) is 3.47. The molecule has 0 radical (unpaired) electrons. The van der Waals surface area contributed by atoms with Crippen molar-refractivity contribution >= 4 is 0 Å². The summed E-state index contributed by atoms with van der Waals surface area (Å²) in [5.74, 6) is 0. The van der Waals surface area contributed by atoms with Crippen molar-refractivity contribution in [1.82, 2.24) is 20.6 Å². The normalized spacial score (nSPS) is 20.5. The lowest BCUT2D eigenvalue weighted by atomic mass is 9.99. The predicted molar refractivity (Wildman–Crippen MR) is 86.3 cm³/mol. The Labute approximate surface area is 131 Å². The van der Waals surface area contributed by atoms with Crippen LogP contribution < -0.4 is 10.6 Å². The van der Waals surface area contributed by atoms with E-state index >= 15 is 0 Å². The Bertz CT molecular complexity index is 537. The Kier molecular flexibility index (Phi) is 3.87. The zero-order chi connectivity index (χ0) is 14.8. The van der Waals surface area contributed by atoms with Crippen LogP contribution in [0.1, 0.15) is 49.2 Å². The van der Waals surface area contributed by atoms with E-state index in [2.05, 4.69) is 44.9 Å². The first kappa shape index (κ1) is 13.9. The average molecular weight is 294 g/mol. The van der Waals surface area contributed by atoms with Crippen LogP contribution in [0.5, 0.6) is 0 Å². The van der Waals surface area contributed by atoms with E-state index in [0.717, 1.165) is 11.4 Å². The van der Waals surface area contributed by atoms with Gasteiger partial charge in [-0.1, -0.05) is 12.1 Å². The molecule has 0 aliphatic heterocycles. The van der Waals surface area contributed by atoms with E-state index in [4.69, 9.17) is 0 Å². The molecule has 2 heterocycles. The summed E-state index contributed by atoms with van der Waals surface area (Å²) in [5, 5.41) is 7.55. The number of hydrogen-bond acceptors (Lipinski definition) is 4. The summed E-state index contributed by atoms with van der Waals surface area (Å²) in [5.41, 5.74) is 2.19. The third-order valence-electron chi connectivity index (χ3n) is 4.33. The van der Waals surface area contributed by atoms with Gasteiger partial charge in [-0.05, 0) is 49.9 Å². The van der Waals surface area contributed by atoms with Crippen LogP contribution in [0.3, 0.4) is 0 Å². The predicted octanol–water partition coefficient (Wildman–Crippen LogP) is 2.76. The molecule has 0 spiro atoms. The number of hydrogen-bond donors (Lipinski definition) is 2. The molecule has 0 aromatic carbocycles. The zero-order valence-corrected chi connectivity index (χ0v) is 12.7. The maximum absolute atomic E-state index is 4.60. The highest BCUT2D eigenvalue weighted by molar-refractivity contribution is 5.20. The molecule has 2 aromatic rings. The lowest BCUT2D eigenvalue weighted by Crippen LogP contribution is -2.38. The molecule has 2 atom stereocenters. The first-order chi connectivity index (χ1) is 10.9. The van der Waals surface area contributed by atoms with Crippen LogP contribution in [0.4, 0.5) is 0 Å². The summed E-state index contributed by atoms with van der Waals surface area (Å²) in [6.45, 7) is 0. The highest BCUT2D eigenvalue weighted by Crippen LogP contribution is 2.34. The molecule has 0 unspecified atom stereocenters. The van der Waals surface area contributed by atoms with Gasteiger partial charge in [-0.15, -0.1) is 0 Å². The van der Waals surface area contributed by atoms with Gasteiger partial charge in [0.25, 0.3) is 0 Å². The zero-order valence-electron chi connectivity index (χ0n) is 12.7. The summed E-state index contributed by atoms with van der Waals surface area (Å²) >= 11 is 0. The Hall–Kier alpha value is -1.78. The van der Waals surface area contributed by atoms with Crippen molar-refractivity contribution in [3.63, 3.8) is 0 Å². The molecule has 4 rings (SSSR count). The van der Waals surface area contributed by atoms with Gasteiger partial charge < -0.3 is 10.6 Å². The van der Waals surface area contributed by atoms with Crippen molar-refractivity contribution < 1.29 is 0 Å². The maximum Gasteiger partial charge on any atom is 0.0710 e. The Morgan fingerprint density at radius 2 is 1.18 bits per heavy atom. The van der Waals surface area contributed by atoms with E-state index in [0.29, 0.717) is 12.1 Å². The molecule has 2 N–H and O–H groups in total. The molecule has 2 aliphatic carbocycles. The second-order valence-electron chi connectivity index (χ2n) is 6.35. The molecule has 2 fully saturated rings. The largest absolute Gasteiger partial charge is 0.304 e. The fourth-order valence-electron chi connectivity index (χ4n) is 2.83. The Morgan fingerprint density at radius 3 is 1.50 bits per heavy atom. The summed E-state index contributed by atoms with van der Waals surface area (Å²) in [7, 11) is 0. The van der Waals surface area contributed by atoms with Crippen LogP contribution in [-0.2, 0) is 0 Å². The van der Waals surface area contributed by atoms with E-state index in [1.54, 1.807) is 0 Å². The third-order valence-corrected chi connectivity index (χ3v) is 4.33. The quantitative estimate of drug-likeness (QED) is 0.824. The fraction of sp³-hybridized carbons (Fsp3) is 0.444. The van der Waals surface area contributed by atoms with Crippen LogP contribution >= 0.6 is 0 Å². The summed E-state index contributed by atoms with van der Waals surface area (Å²) in [6, 6.07) is 13.9. The first-order valence-corrected chi connectivity index (χ1v) is 8.24. The van der Waals surface area contributed by atoms with Crippen molar-refractivity contribution in [2.75, 3.05) is 0 Å². The molecular formula is C18H22N4. The number of nitrogens with zero attached hydrogens (tertiary/aromatic N) is 2. The summed E-state index contributed by atoms with van der Waals surface area (Å²) in [4.78, 5) is 9.21. The van der Waals surface area contributed by atoms with Crippen molar-refractivity contribution in [1.29, 1.82) is 0 Å². The van der Waals surface area contributed by atoms with Crippen LogP contribution in [0.2, 0.25) is 0 Å². The van der Waals surface area contributed by atoms with Gasteiger partial charge in [-0.3, -0.25) is 9.97 Å². The van der Waals surface area contributed by atoms with E-state index in [9.17, 15) is 0 Å². The van der Waals surface area contributed by atoms with Crippen LogP contribution in [-0.4, -0.2) is 22.1 Å². The van der Waals surface area contributed by atoms with Crippen molar-refractivity contribution in [3.05, 3.63) is 60.2 Å². The molecule has 4 nitrogen and oxygen atoms in total. The maximum atomic E-state index is 4.60. The highest BCUT2D eigenvalue weighted by Gasteiger charge is 2.35. The Morgan fingerprint density at radius 1 is 0.727 bits per heavy atom. The minimum absolute atomic E-state index is 0.171. The van der Waals surface area contributed by atoms with E-state index < -0.39 is 0 Å². The van der Waals surface area contributed by atoms with Gasteiger partial charge >= 0.3 is 0 Å². The van der Waals surface area contributed by atoms with E-state index in [-0.39, 0.29) is 12.1 Å². The molecule has 0 saturated heterocycles. The second kappa shape index (κ2) is 6.15. The molecule has 4 heteroatoms. The topological polar surface area (TPSA) is 49.8 Å². The van der Waals surface area contributed by atoms with Gasteiger partial charge in [0.1, 0.15) is 0 Å². The lowest BCUT2D eigenvalue weighted by Gasteiger charge is -2.28. The smallest absolute Gasteiger partial charge is 0.0710 e. The van der Waals surface area contributed by atoms with E-state index in [1.165, 1.54) is 25.7 Å². The number of rotatable bonds is 7. The molecule has 22 heavy (non-hydrogen) atoms. The number of nitrogens with one attached hydrogen (secondary N) is 2. The van der Waals surface area contributed by atoms with Gasteiger partial charge in [0.2, 0.25) is 0 Å². The Balaban J connectivity index is 1.66. The third kappa shape index (κ3) is 3.34. The lowest BCUT2D eigenvalue weighted by molar-refractivity contribution is 0.366. The van der Waals surface area contributed by atoms with Crippen molar-refractivity contribution in [2.24, 2.45) is 0 Å². The SMILES string of the molecule is c1ccc([C@@H](NC2CC2)[C@@H](NC2CC2)c2ccccn2)nc1. The number of aromatic nitrogens is 2. The van der Waals surface area contributed by atoms with Gasteiger partial charge in [0.05, 0.1) is 23.5 Å². The minimum Gasteiger partial charge on any atom is -0.304 e.